The molecule has 0 saturated carbocycles. The molecule has 7 heteroatoms. The second kappa shape index (κ2) is 5.81. The van der Waals surface area contributed by atoms with Gasteiger partial charge in [0.1, 0.15) is 4.88 Å². The van der Waals surface area contributed by atoms with Gasteiger partial charge in [0, 0.05) is 21.7 Å². The van der Waals surface area contributed by atoms with Crippen LogP contribution in [0.4, 0.5) is 5.69 Å². The van der Waals surface area contributed by atoms with Crippen LogP contribution in [0.3, 0.4) is 0 Å². The van der Waals surface area contributed by atoms with Crippen molar-refractivity contribution in [2.45, 2.75) is 6.04 Å². The minimum absolute atomic E-state index is 0.123. The lowest BCUT2D eigenvalue weighted by molar-refractivity contribution is -0.0181. The summed E-state index contributed by atoms with van der Waals surface area (Å²) in [5.74, 6) is -0.160. The fraction of sp³-hybridized carbons (Fsp3) is 0.357. The van der Waals surface area contributed by atoms with Gasteiger partial charge in [0.15, 0.2) is 0 Å². The van der Waals surface area contributed by atoms with Crippen molar-refractivity contribution in [2.75, 3.05) is 32.1 Å². The van der Waals surface area contributed by atoms with Crippen molar-refractivity contribution in [3.05, 3.63) is 28.1 Å². The lowest BCUT2D eigenvalue weighted by Gasteiger charge is -2.34. The highest BCUT2D eigenvalue weighted by Gasteiger charge is 2.30. The molecule has 1 aromatic heterocycles. The molecule has 1 aliphatic rings. The van der Waals surface area contributed by atoms with Crippen LogP contribution in [0.15, 0.2) is 18.2 Å². The number of ether oxygens (including phenoxy) is 1. The Bertz CT molecular complexity index is 688. The molecule has 3 N–H and O–H groups in total. The van der Waals surface area contributed by atoms with Crippen molar-refractivity contribution in [3.8, 4) is 0 Å². The fourth-order valence-electron chi connectivity index (χ4n) is 2.45. The average Bonchev–Trinajstić information content (AvgIpc) is 2.82. The minimum Gasteiger partial charge on any atom is -0.397 e. The van der Waals surface area contributed by atoms with Crippen molar-refractivity contribution in [2.24, 2.45) is 0 Å². The summed E-state index contributed by atoms with van der Waals surface area (Å²) in [7, 11) is 0. The first-order valence-electron chi connectivity index (χ1n) is 6.59. The number of hydrogen-bond acceptors (Lipinski definition) is 5. The Hall–Kier alpha value is -1.34. The maximum Gasteiger partial charge on any atom is 0.266 e. The Kier molecular flexibility index (Phi) is 4.03. The summed E-state index contributed by atoms with van der Waals surface area (Å²) in [4.78, 5) is 14.8. The van der Waals surface area contributed by atoms with Crippen LogP contribution >= 0.6 is 22.9 Å². The Labute approximate surface area is 130 Å². The van der Waals surface area contributed by atoms with Gasteiger partial charge in [-0.2, -0.15) is 0 Å². The van der Waals surface area contributed by atoms with Crippen LogP contribution in [0, 0.1) is 0 Å². The number of amides is 1. The van der Waals surface area contributed by atoms with Crippen LogP contribution in [0.5, 0.6) is 0 Å². The van der Waals surface area contributed by atoms with E-state index in [1.54, 1.807) is 17.0 Å². The van der Waals surface area contributed by atoms with Gasteiger partial charge < -0.3 is 20.5 Å². The maximum atomic E-state index is 12.7. The molecule has 0 bridgehead atoms. The molecule has 2 heterocycles. The molecule has 0 spiro atoms. The molecular weight excluding hydrogens is 312 g/mol. The molecule has 21 heavy (non-hydrogen) atoms. The molecule has 3 rings (SSSR count). The number of rotatable bonds is 2. The van der Waals surface area contributed by atoms with Gasteiger partial charge in [-0.05, 0) is 18.2 Å². The molecule has 1 saturated heterocycles. The lowest BCUT2D eigenvalue weighted by Crippen LogP contribution is -2.50. The van der Waals surface area contributed by atoms with Crippen LogP contribution < -0.4 is 5.73 Å². The molecule has 1 amide bonds. The summed E-state index contributed by atoms with van der Waals surface area (Å²) in [5.41, 5.74) is 6.58. The quantitative estimate of drug-likeness (QED) is 0.884. The molecule has 1 aliphatic heterocycles. The van der Waals surface area contributed by atoms with E-state index in [0.717, 1.165) is 10.1 Å². The number of hydrogen-bond donors (Lipinski definition) is 2. The van der Waals surface area contributed by atoms with E-state index in [-0.39, 0.29) is 18.6 Å². The second-order valence-electron chi connectivity index (χ2n) is 4.90. The zero-order valence-corrected chi connectivity index (χ0v) is 12.8. The van der Waals surface area contributed by atoms with Crippen molar-refractivity contribution >= 4 is 44.6 Å². The summed E-state index contributed by atoms with van der Waals surface area (Å²) in [5, 5.41) is 10.8. The number of thiophene rings is 1. The number of benzene rings is 1. The molecule has 1 atom stereocenters. The Morgan fingerprint density at radius 3 is 3.14 bits per heavy atom. The Balaban J connectivity index is 1.99. The molecule has 1 fully saturated rings. The average molecular weight is 327 g/mol. The highest BCUT2D eigenvalue weighted by Crippen LogP contribution is 2.36. The standard InChI is InChI=1S/C14H15ClN2O3S/c15-8-1-2-10-11(5-8)21-13(12(10)16)14(19)17-3-4-20-7-9(17)6-18/h1-2,5,9,18H,3-4,6-7,16H2. The van der Waals surface area contributed by atoms with Crippen molar-refractivity contribution < 1.29 is 14.6 Å². The maximum absolute atomic E-state index is 12.7. The Morgan fingerprint density at radius 1 is 1.57 bits per heavy atom. The third kappa shape index (κ3) is 2.60. The van der Waals surface area contributed by atoms with Gasteiger partial charge in [-0.1, -0.05) is 11.6 Å². The number of carbonyl (C=O) groups excluding carboxylic acids is 1. The Morgan fingerprint density at radius 2 is 2.38 bits per heavy atom. The first kappa shape index (κ1) is 14.6. The number of nitrogen functional groups attached to an aromatic ring is 1. The number of nitrogens with two attached hydrogens (primary N) is 1. The van der Waals surface area contributed by atoms with E-state index in [2.05, 4.69) is 0 Å². The van der Waals surface area contributed by atoms with Gasteiger partial charge in [-0.15, -0.1) is 11.3 Å². The summed E-state index contributed by atoms with van der Waals surface area (Å²) in [6, 6.07) is 5.06. The number of morpholine rings is 1. The summed E-state index contributed by atoms with van der Waals surface area (Å²) in [6.45, 7) is 1.15. The third-order valence-corrected chi connectivity index (χ3v) is 4.98. The van der Waals surface area contributed by atoms with Crippen molar-refractivity contribution in [1.82, 2.24) is 4.90 Å². The predicted molar refractivity (Wildman–Crippen MR) is 84.0 cm³/mol. The molecule has 112 valence electrons. The highest BCUT2D eigenvalue weighted by molar-refractivity contribution is 7.21. The second-order valence-corrected chi connectivity index (χ2v) is 6.38. The lowest BCUT2D eigenvalue weighted by atomic mass is 10.2. The number of carbonyl (C=O) groups is 1. The van der Waals surface area contributed by atoms with Crippen molar-refractivity contribution in [3.63, 3.8) is 0 Å². The molecule has 5 nitrogen and oxygen atoms in total. The number of aliphatic hydroxyl groups is 1. The van der Waals surface area contributed by atoms with Gasteiger partial charge >= 0.3 is 0 Å². The van der Waals surface area contributed by atoms with Gasteiger partial charge in [0.25, 0.3) is 5.91 Å². The zero-order valence-electron chi connectivity index (χ0n) is 11.2. The third-order valence-electron chi connectivity index (χ3n) is 3.58. The van der Waals surface area contributed by atoms with E-state index in [4.69, 9.17) is 22.1 Å². The smallest absolute Gasteiger partial charge is 0.266 e. The molecule has 0 radical (unpaired) electrons. The topological polar surface area (TPSA) is 75.8 Å². The minimum atomic E-state index is -0.320. The fourth-order valence-corrected chi connectivity index (χ4v) is 3.81. The summed E-state index contributed by atoms with van der Waals surface area (Å²) in [6.07, 6.45) is 0. The van der Waals surface area contributed by atoms with E-state index in [1.165, 1.54) is 11.3 Å². The number of fused-ring (bicyclic) bond motifs is 1. The zero-order chi connectivity index (χ0) is 15.0. The van der Waals surface area contributed by atoms with Crippen LogP contribution in [0.1, 0.15) is 9.67 Å². The van der Waals surface area contributed by atoms with Crippen LogP contribution in [0.25, 0.3) is 10.1 Å². The van der Waals surface area contributed by atoms with E-state index in [9.17, 15) is 9.90 Å². The normalized spacial score (nSPS) is 19.1. The van der Waals surface area contributed by atoms with Gasteiger partial charge in [-0.25, -0.2) is 0 Å². The number of aliphatic hydroxyl groups excluding tert-OH is 1. The van der Waals surface area contributed by atoms with Crippen LogP contribution in [-0.4, -0.2) is 48.3 Å². The number of halogens is 1. The molecule has 1 aromatic carbocycles. The summed E-state index contributed by atoms with van der Waals surface area (Å²) < 4.78 is 6.18. The predicted octanol–water partition coefficient (Wildman–Crippen LogP) is 1.97. The SMILES string of the molecule is Nc1c(C(=O)N2CCOCC2CO)sc2cc(Cl)ccc12. The van der Waals surface area contributed by atoms with E-state index >= 15 is 0 Å². The molecule has 2 aromatic rings. The van der Waals surface area contributed by atoms with E-state index in [1.807, 2.05) is 6.07 Å². The van der Waals surface area contributed by atoms with E-state index < -0.39 is 0 Å². The first-order valence-corrected chi connectivity index (χ1v) is 7.78. The molecule has 1 unspecified atom stereocenters. The first-order chi connectivity index (χ1) is 10.1. The number of nitrogens with zero attached hydrogens (tertiary/aromatic N) is 1. The highest BCUT2D eigenvalue weighted by atomic mass is 35.5. The molecular formula is C14H15ClN2O3S. The van der Waals surface area contributed by atoms with Crippen LogP contribution in [-0.2, 0) is 4.74 Å². The summed E-state index contributed by atoms with van der Waals surface area (Å²) >= 11 is 7.30. The van der Waals surface area contributed by atoms with Gasteiger partial charge in [-0.3, -0.25) is 4.79 Å². The van der Waals surface area contributed by atoms with Gasteiger partial charge in [0.2, 0.25) is 0 Å². The molecule has 0 aliphatic carbocycles. The van der Waals surface area contributed by atoms with Crippen molar-refractivity contribution in [1.29, 1.82) is 0 Å². The van der Waals surface area contributed by atoms with Crippen LogP contribution in [0.2, 0.25) is 5.02 Å². The number of anilines is 1. The van der Waals surface area contributed by atoms with E-state index in [0.29, 0.717) is 35.3 Å². The monoisotopic (exact) mass is 326 g/mol. The van der Waals surface area contributed by atoms with Gasteiger partial charge in [0.05, 0.1) is 31.5 Å². The largest absolute Gasteiger partial charge is 0.397 e.